The van der Waals surface area contributed by atoms with E-state index in [1.54, 1.807) is 14.0 Å². The number of rotatable bonds is 7. The quantitative estimate of drug-likeness (QED) is 0.717. The molecule has 1 amide bonds. The van der Waals surface area contributed by atoms with Gasteiger partial charge < -0.3 is 20.1 Å². The molecular weight excluding hydrogens is 392 g/mol. The summed E-state index contributed by atoms with van der Waals surface area (Å²) in [7, 11) is 1.61. The van der Waals surface area contributed by atoms with Gasteiger partial charge in [-0.1, -0.05) is 42.5 Å². The lowest BCUT2D eigenvalue weighted by Gasteiger charge is -2.43. The number of nitrogens with one attached hydrogen (secondary N) is 1. The molecule has 6 nitrogen and oxygen atoms in total. The number of nitrogens with zero attached hydrogens (tertiary/aromatic N) is 1. The number of ether oxygens (including phenoxy) is 1. The SMILES string of the molecule is COc1ccc(C2(C(=O)O)CC2CN2CCC(NC(C)=O)(c3ccccc3)CC2)cc1. The van der Waals surface area contributed by atoms with E-state index in [1.807, 2.05) is 42.5 Å². The van der Waals surface area contributed by atoms with Crippen molar-refractivity contribution >= 4 is 11.9 Å². The summed E-state index contributed by atoms with van der Waals surface area (Å²) in [5, 5.41) is 13.2. The average molecular weight is 423 g/mol. The average Bonchev–Trinajstić information content (AvgIpc) is 3.51. The van der Waals surface area contributed by atoms with Crippen molar-refractivity contribution < 1.29 is 19.4 Å². The monoisotopic (exact) mass is 422 g/mol. The number of carbonyl (C=O) groups excluding carboxylic acids is 1. The summed E-state index contributed by atoms with van der Waals surface area (Å²) in [4.78, 5) is 26.5. The zero-order valence-electron chi connectivity index (χ0n) is 18.1. The summed E-state index contributed by atoms with van der Waals surface area (Å²) in [6.45, 7) is 3.97. The number of aliphatic carboxylic acids is 1. The lowest BCUT2D eigenvalue weighted by atomic mass is 9.80. The molecule has 2 aliphatic rings. The second kappa shape index (κ2) is 8.35. The normalized spacial score (nSPS) is 24.9. The Morgan fingerprint density at radius 3 is 2.26 bits per heavy atom. The molecule has 1 aliphatic heterocycles. The number of hydrogen-bond acceptors (Lipinski definition) is 4. The molecule has 2 aromatic rings. The van der Waals surface area contributed by atoms with Gasteiger partial charge in [-0.15, -0.1) is 0 Å². The van der Waals surface area contributed by atoms with Gasteiger partial charge in [0.15, 0.2) is 0 Å². The smallest absolute Gasteiger partial charge is 0.314 e. The number of carbonyl (C=O) groups is 2. The number of methoxy groups -OCH3 is 1. The maximum Gasteiger partial charge on any atom is 0.314 e. The van der Waals surface area contributed by atoms with E-state index in [0.717, 1.165) is 49.4 Å². The van der Waals surface area contributed by atoms with E-state index in [9.17, 15) is 14.7 Å². The molecule has 4 rings (SSSR count). The molecule has 0 aromatic heterocycles. The highest BCUT2D eigenvalue weighted by molar-refractivity contribution is 5.86. The highest BCUT2D eigenvalue weighted by Crippen LogP contribution is 2.55. The molecule has 2 atom stereocenters. The van der Waals surface area contributed by atoms with Crippen LogP contribution in [-0.2, 0) is 20.5 Å². The lowest BCUT2D eigenvalue weighted by molar-refractivity contribution is -0.140. The van der Waals surface area contributed by atoms with Crippen molar-refractivity contribution in [3.05, 3.63) is 65.7 Å². The largest absolute Gasteiger partial charge is 0.497 e. The van der Waals surface area contributed by atoms with Gasteiger partial charge in [-0.25, -0.2) is 0 Å². The van der Waals surface area contributed by atoms with Gasteiger partial charge in [-0.3, -0.25) is 9.59 Å². The van der Waals surface area contributed by atoms with Crippen LogP contribution in [0.2, 0.25) is 0 Å². The van der Waals surface area contributed by atoms with Crippen LogP contribution in [0.15, 0.2) is 54.6 Å². The summed E-state index contributed by atoms with van der Waals surface area (Å²) >= 11 is 0. The van der Waals surface area contributed by atoms with Crippen molar-refractivity contribution in [2.45, 2.75) is 37.1 Å². The fraction of sp³-hybridized carbons (Fsp3) is 0.440. The minimum Gasteiger partial charge on any atom is -0.497 e. The first-order chi connectivity index (χ1) is 14.9. The fourth-order valence-corrected chi connectivity index (χ4v) is 5.19. The van der Waals surface area contributed by atoms with Gasteiger partial charge in [-0.05, 0) is 48.4 Å². The number of likely N-dealkylation sites (tertiary alicyclic amines) is 1. The summed E-state index contributed by atoms with van der Waals surface area (Å²) in [6.07, 6.45) is 2.28. The molecule has 2 unspecified atom stereocenters. The Hall–Kier alpha value is -2.86. The minimum absolute atomic E-state index is 0.0242. The van der Waals surface area contributed by atoms with Crippen LogP contribution in [0, 0.1) is 5.92 Å². The van der Waals surface area contributed by atoms with Gasteiger partial charge in [0.2, 0.25) is 5.91 Å². The van der Waals surface area contributed by atoms with Gasteiger partial charge in [0.1, 0.15) is 5.75 Å². The van der Waals surface area contributed by atoms with Crippen molar-refractivity contribution in [1.29, 1.82) is 0 Å². The number of carboxylic acids is 1. The Morgan fingerprint density at radius 2 is 1.71 bits per heavy atom. The minimum atomic E-state index is -0.808. The number of benzene rings is 2. The first-order valence-corrected chi connectivity index (χ1v) is 10.8. The van der Waals surface area contributed by atoms with Gasteiger partial charge in [0.25, 0.3) is 0 Å². The Labute approximate surface area is 183 Å². The molecule has 1 saturated carbocycles. The number of amides is 1. The molecule has 1 heterocycles. The molecule has 2 N–H and O–H groups in total. The number of piperidine rings is 1. The highest BCUT2D eigenvalue weighted by Gasteiger charge is 2.61. The molecule has 164 valence electrons. The van der Waals surface area contributed by atoms with Crippen molar-refractivity contribution in [3.63, 3.8) is 0 Å². The van der Waals surface area contributed by atoms with Crippen LogP contribution in [0.25, 0.3) is 0 Å². The zero-order valence-corrected chi connectivity index (χ0v) is 18.1. The van der Waals surface area contributed by atoms with E-state index < -0.39 is 11.4 Å². The van der Waals surface area contributed by atoms with Crippen LogP contribution >= 0.6 is 0 Å². The third-order valence-electron chi connectivity index (χ3n) is 7.02. The summed E-state index contributed by atoms with van der Waals surface area (Å²) in [6, 6.07) is 17.6. The maximum absolute atomic E-state index is 12.2. The molecule has 1 saturated heterocycles. The standard InChI is InChI=1S/C25H30N2O4/c1-18(28)26-24(19-6-4-3-5-7-19)12-14-27(15-13-24)17-21-16-25(21,23(29)30)20-8-10-22(31-2)11-9-20/h3-11,21H,12-17H2,1-2H3,(H,26,28)(H,29,30). The Morgan fingerprint density at radius 1 is 1.06 bits per heavy atom. The first kappa shape index (κ1) is 21.4. The molecule has 1 aliphatic carbocycles. The first-order valence-electron chi connectivity index (χ1n) is 10.8. The second-order valence-corrected chi connectivity index (χ2v) is 8.84. The van der Waals surface area contributed by atoms with Crippen molar-refractivity contribution in [2.24, 2.45) is 5.92 Å². The number of hydrogen-bond donors (Lipinski definition) is 2. The van der Waals surface area contributed by atoms with E-state index in [4.69, 9.17) is 4.74 Å². The molecule has 0 bridgehead atoms. The molecule has 31 heavy (non-hydrogen) atoms. The van der Waals surface area contributed by atoms with Gasteiger partial charge in [0, 0.05) is 26.6 Å². The van der Waals surface area contributed by atoms with Crippen LogP contribution in [0.4, 0.5) is 0 Å². The lowest BCUT2D eigenvalue weighted by Crippen LogP contribution is -2.53. The molecule has 6 heteroatoms. The molecule has 0 spiro atoms. The van der Waals surface area contributed by atoms with E-state index >= 15 is 0 Å². The highest BCUT2D eigenvalue weighted by atomic mass is 16.5. The van der Waals surface area contributed by atoms with Crippen LogP contribution in [-0.4, -0.2) is 48.6 Å². The van der Waals surface area contributed by atoms with Crippen LogP contribution in [0.5, 0.6) is 5.75 Å². The van der Waals surface area contributed by atoms with Crippen LogP contribution < -0.4 is 10.1 Å². The molecular formula is C25H30N2O4. The topological polar surface area (TPSA) is 78.9 Å². The van der Waals surface area contributed by atoms with Crippen LogP contribution in [0.1, 0.15) is 37.3 Å². The second-order valence-electron chi connectivity index (χ2n) is 8.84. The third kappa shape index (κ3) is 4.04. The van der Waals surface area contributed by atoms with Crippen LogP contribution in [0.3, 0.4) is 0 Å². The third-order valence-corrected chi connectivity index (χ3v) is 7.02. The summed E-state index contributed by atoms with van der Waals surface area (Å²) < 4.78 is 5.21. The summed E-state index contributed by atoms with van der Waals surface area (Å²) in [5.41, 5.74) is 0.819. The van der Waals surface area contributed by atoms with Crippen molar-refractivity contribution in [2.75, 3.05) is 26.7 Å². The Balaban J connectivity index is 1.44. The fourth-order valence-electron chi connectivity index (χ4n) is 5.19. The Kier molecular flexibility index (Phi) is 5.75. The van der Waals surface area contributed by atoms with Crippen molar-refractivity contribution in [3.8, 4) is 5.75 Å². The number of carboxylic acid groups (broad SMARTS) is 1. The predicted molar refractivity (Wildman–Crippen MR) is 118 cm³/mol. The van der Waals surface area contributed by atoms with E-state index in [0.29, 0.717) is 6.42 Å². The molecule has 0 radical (unpaired) electrons. The Bertz CT molecular complexity index is 936. The maximum atomic E-state index is 12.2. The molecule has 2 aromatic carbocycles. The van der Waals surface area contributed by atoms with Gasteiger partial charge in [0.05, 0.1) is 18.1 Å². The predicted octanol–water partition coefficient (Wildman–Crippen LogP) is 3.16. The summed E-state index contributed by atoms with van der Waals surface area (Å²) in [5.74, 6) is 0.0385. The van der Waals surface area contributed by atoms with Gasteiger partial charge >= 0.3 is 5.97 Å². The van der Waals surface area contributed by atoms with E-state index in [-0.39, 0.29) is 17.4 Å². The van der Waals surface area contributed by atoms with E-state index in [1.165, 1.54) is 0 Å². The van der Waals surface area contributed by atoms with Gasteiger partial charge in [-0.2, -0.15) is 0 Å². The van der Waals surface area contributed by atoms with E-state index in [2.05, 4.69) is 22.3 Å². The van der Waals surface area contributed by atoms with Crippen molar-refractivity contribution in [1.82, 2.24) is 10.2 Å². The zero-order chi connectivity index (χ0) is 22.1. The molecule has 2 fully saturated rings.